The number of carbonyl (C=O) groups excluding carboxylic acids is 1. The summed E-state index contributed by atoms with van der Waals surface area (Å²) in [6.45, 7) is 1.40. The van der Waals surface area contributed by atoms with Crippen molar-refractivity contribution in [2.75, 3.05) is 35.1 Å². The molecule has 6 heteroatoms. The number of carbonyl (C=O) groups is 1. The number of halogens is 2. The van der Waals surface area contributed by atoms with E-state index in [0.29, 0.717) is 30.5 Å². The lowest BCUT2D eigenvalue weighted by Gasteiger charge is -2.22. The predicted octanol–water partition coefficient (Wildman–Crippen LogP) is 4.52. The van der Waals surface area contributed by atoms with Gasteiger partial charge in [0.15, 0.2) is 0 Å². The van der Waals surface area contributed by atoms with Crippen molar-refractivity contribution in [3.05, 3.63) is 65.7 Å². The van der Waals surface area contributed by atoms with Crippen molar-refractivity contribution in [1.82, 2.24) is 0 Å². The second-order valence-electron chi connectivity index (χ2n) is 5.45. The van der Waals surface area contributed by atoms with E-state index in [2.05, 4.69) is 10.2 Å². The van der Waals surface area contributed by atoms with E-state index >= 15 is 0 Å². The zero-order chi connectivity index (χ0) is 18.8. The molecule has 2 rings (SSSR count). The highest BCUT2D eigenvalue weighted by Gasteiger charge is 2.10. The molecule has 1 amide bonds. The van der Waals surface area contributed by atoms with E-state index in [1.807, 2.05) is 48.5 Å². The van der Waals surface area contributed by atoms with Crippen LogP contribution in [-0.4, -0.2) is 30.8 Å². The number of para-hydroxylation sites is 1. The lowest BCUT2D eigenvalue weighted by Crippen LogP contribution is -2.27. The Balaban J connectivity index is 2.13. The molecule has 1 N–H and O–H groups in total. The first-order valence-electron chi connectivity index (χ1n) is 8.13. The molecule has 0 atom stereocenters. The maximum Gasteiger partial charge on any atom is 0.266 e. The molecule has 0 saturated heterocycles. The SMILES string of the molecule is N#CC(=Cc1ccc(N(CCCl)CCCl)cc1)C(=O)Nc1ccccc1. The monoisotopic (exact) mass is 387 g/mol. The third kappa shape index (κ3) is 5.80. The van der Waals surface area contributed by atoms with Crippen LogP contribution in [0.15, 0.2) is 60.2 Å². The summed E-state index contributed by atoms with van der Waals surface area (Å²) in [6.07, 6.45) is 1.56. The average molecular weight is 388 g/mol. The highest BCUT2D eigenvalue weighted by molar-refractivity contribution is 6.18. The largest absolute Gasteiger partial charge is 0.369 e. The summed E-state index contributed by atoms with van der Waals surface area (Å²) in [5, 5.41) is 12.0. The van der Waals surface area contributed by atoms with Gasteiger partial charge in [-0.2, -0.15) is 5.26 Å². The standard InChI is InChI=1S/C20H19Cl2N3O/c21-10-12-25(13-11-22)19-8-6-16(7-9-19)14-17(15-23)20(26)24-18-4-2-1-3-5-18/h1-9,14H,10-13H2,(H,24,26). The fourth-order valence-corrected chi connectivity index (χ4v) is 2.80. The smallest absolute Gasteiger partial charge is 0.266 e. The van der Waals surface area contributed by atoms with Gasteiger partial charge >= 0.3 is 0 Å². The Morgan fingerprint density at radius 3 is 2.19 bits per heavy atom. The number of hydrogen-bond donors (Lipinski definition) is 1. The van der Waals surface area contributed by atoms with Crippen LogP contribution in [0.3, 0.4) is 0 Å². The molecule has 0 aliphatic carbocycles. The van der Waals surface area contributed by atoms with Crippen molar-refractivity contribution in [3.8, 4) is 6.07 Å². The number of amides is 1. The average Bonchev–Trinajstić information content (AvgIpc) is 2.67. The van der Waals surface area contributed by atoms with Gasteiger partial charge in [-0.25, -0.2) is 0 Å². The van der Waals surface area contributed by atoms with Crippen LogP contribution in [0.1, 0.15) is 5.56 Å². The Labute approximate surface area is 163 Å². The molecule has 0 spiro atoms. The second-order valence-corrected chi connectivity index (χ2v) is 6.20. The quantitative estimate of drug-likeness (QED) is 0.411. The molecule has 2 aromatic rings. The van der Waals surface area contributed by atoms with Crippen LogP contribution in [0.4, 0.5) is 11.4 Å². The minimum Gasteiger partial charge on any atom is -0.369 e. The third-order valence-electron chi connectivity index (χ3n) is 3.67. The Hall–Kier alpha value is -2.48. The van der Waals surface area contributed by atoms with Gasteiger partial charge in [0.1, 0.15) is 11.6 Å². The summed E-state index contributed by atoms with van der Waals surface area (Å²) in [7, 11) is 0. The third-order valence-corrected chi connectivity index (χ3v) is 4.01. The zero-order valence-corrected chi connectivity index (χ0v) is 15.7. The van der Waals surface area contributed by atoms with Gasteiger partial charge in [-0.05, 0) is 35.9 Å². The van der Waals surface area contributed by atoms with Gasteiger partial charge in [0.05, 0.1) is 0 Å². The van der Waals surface area contributed by atoms with E-state index in [9.17, 15) is 10.1 Å². The number of rotatable bonds is 8. The van der Waals surface area contributed by atoms with Crippen molar-refractivity contribution in [1.29, 1.82) is 5.26 Å². The molecule has 0 fully saturated rings. The Morgan fingerprint density at radius 1 is 1.04 bits per heavy atom. The molecule has 0 bridgehead atoms. The van der Waals surface area contributed by atoms with Crippen LogP contribution >= 0.6 is 23.2 Å². The van der Waals surface area contributed by atoms with Gasteiger partial charge in [0.25, 0.3) is 5.91 Å². The molecule has 0 aromatic heterocycles. The van der Waals surface area contributed by atoms with Crippen molar-refractivity contribution in [3.63, 3.8) is 0 Å². The van der Waals surface area contributed by atoms with Crippen LogP contribution < -0.4 is 10.2 Å². The van der Waals surface area contributed by atoms with Crippen LogP contribution in [0.25, 0.3) is 6.08 Å². The van der Waals surface area contributed by atoms with Gasteiger partial charge in [0.2, 0.25) is 0 Å². The Bertz CT molecular complexity index is 777. The fraction of sp³-hybridized carbons (Fsp3) is 0.200. The van der Waals surface area contributed by atoms with Gasteiger partial charge in [0, 0.05) is 36.2 Å². The molecule has 134 valence electrons. The van der Waals surface area contributed by atoms with Crippen molar-refractivity contribution in [2.45, 2.75) is 0 Å². The number of hydrogen-bond acceptors (Lipinski definition) is 3. The highest BCUT2D eigenvalue weighted by atomic mass is 35.5. The topological polar surface area (TPSA) is 56.1 Å². The molecule has 0 saturated carbocycles. The summed E-state index contributed by atoms with van der Waals surface area (Å²) < 4.78 is 0. The first-order valence-corrected chi connectivity index (χ1v) is 9.20. The minimum atomic E-state index is -0.436. The van der Waals surface area contributed by atoms with Crippen molar-refractivity contribution >= 4 is 46.6 Å². The van der Waals surface area contributed by atoms with E-state index in [-0.39, 0.29) is 5.57 Å². The van der Waals surface area contributed by atoms with E-state index < -0.39 is 5.91 Å². The lowest BCUT2D eigenvalue weighted by atomic mass is 10.1. The van der Waals surface area contributed by atoms with E-state index in [0.717, 1.165) is 11.3 Å². The molecular weight excluding hydrogens is 369 g/mol. The zero-order valence-electron chi connectivity index (χ0n) is 14.2. The van der Waals surface area contributed by atoms with Gasteiger partial charge in [-0.1, -0.05) is 30.3 Å². The van der Waals surface area contributed by atoms with E-state index in [1.54, 1.807) is 18.2 Å². The lowest BCUT2D eigenvalue weighted by molar-refractivity contribution is -0.112. The number of benzene rings is 2. The molecule has 0 unspecified atom stereocenters. The van der Waals surface area contributed by atoms with E-state index in [4.69, 9.17) is 23.2 Å². The van der Waals surface area contributed by atoms with Gasteiger partial charge < -0.3 is 10.2 Å². The maximum absolute atomic E-state index is 12.3. The maximum atomic E-state index is 12.3. The summed E-state index contributed by atoms with van der Waals surface area (Å²) >= 11 is 11.7. The van der Waals surface area contributed by atoms with Gasteiger partial charge in [-0.15, -0.1) is 23.2 Å². The number of nitriles is 1. The van der Waals surface area contributed by atoms with Crippen LogP contribution in [0.2, 0.25) is 0 Å². The second kappa shape index (κ2) is 10.5. The molecule has 0 heterocycles. The molecule has 0 aliphatic rings. The number of anilines is 2. The number of nitrogens with zero attached hydrogens (tertiary/aromatic N) is 2. The van der Waals surface area contributed by atoms with Crippen LogP contribution in [0.5, 0.6) is 0 Å². The molecule has 2 aromatic carbocycles. The molecular formula is C20H19Cl2N3O. The molecule has 0 radical (unpaired) electrons. The van der Waals surface area contributed by atoms with Crippen LogP contribution in [0, 0.1) is 11.3 Å². The van der Waals surface area contributed by atoms with Crippen LogP contribution in [-0.2, 0) is 4.79 Å². The fourth-order valence-electron chi connectivity index (χ4n) is 2.39. The normalized spacial score (nSPS) is 10.9. The summed E-state index contributed by atoms with van der Waals surface area (Å²) in [5.74, 6) is 0.585. The first-order chi connectivity index (χ1) is 12.7. The Morgan fingerprint density at radius 2 is 1.65 bits per heavy atom. The predicted molar refractivity (Wildman–Crippen MR) is 109 cm³/mol. The summed E-state index contributed by atoms with van der Waals surface area (Å²) in [5.41, 5.74) is 2.45. The number of alkyl halides is 2. The first kappa shape index (κ1) is 19.8. The molecule has 0 aliphatic heterocycles. The van der Waals surface area contributed by atoms with E-state index in [1.165, 1.54) is 0 Å². The van der Waals surface area contributed by atoms with Gasteiger partial charge in [-0.3, -0.25) is 4.79 Å². The summed E-state index contributed by atoms with van der Waals surface area (Å²) in [4.78, 5) is 14.3. The van der Waals surface area contributed by atoms with Crippen molar-refractivity contribution < 1.29 is 4.79 Å². The highest BCUT2D eigenvalue weighted by Crippen LogP contribution is 2.18. The summed E-state index contributed by atoms with van der Waals surface area (Å²) in [6, 6.07) is 18.5. The molecule has 26 heavy (non-hydrogen) atoms. The van der Waals surface area contributed by atoms with Crippen molar-refractivity contribution in [2.24, 2.45) is 0 Å². The molecule has 4 nitrogen and oxygen atoms in total. The minimum absolute atomic E-state index is 0.0416. The number of nitrogens with one attached hydrogen (secondary N) is 1. The Kier molecular flexibility index (Phi) is 8.01.